The van der Waals surface area contributed by atoms with Crippen LogP contribution in [0.3, 0.4) is 0 Å². The third kappa shape index (κ3) is 2.49. The predicted molar refractivity (Wildman–Crippen MR) is 70.4 cm³/mol. The summed E-state index contributed by atoms with van der Waals surface area (Å²) in [5.41, 5.74) is 0.500. The molecule has 0 heterocycles. The molecule has 0 unspecified atom stereocenters. The molecule has 0 aliphatic carbocycles. The van der Waals surface area contributed by atoms with E-state index in [9.17, 15) is 9.67 Å². The van der Waals surface area contributed by atoms with Crippen molar-refractivity contribution in [3.8, 4) is 0 Å². The lowest BCUT2D eigenvalue weighted by Gasteiger charge is -2.29. The van der Waals surface area contributed by atoms with E-state index in [1.165, 1.54) is 21.1 Å². The Hall–Kier alpha value is 0.0600. The minimum atomic E-state index is -3.57. The van der Waals surface area contributed by atoms with Crippen molar-refractivity contribution in [3.63, 3.8) is 0 Å². The van der Waals surface area contributed by atoms with Gasteiger partial charge in [-0.2, -0.15) is 0 Å². The van der Waals surface area contributed by atoms with Gasteiger partial charge in [-0.1, -0.05) is 12.1 Å². The molecule has 0 saturated heterocycles. The van der Waals surface area contributed by atoms with Crippen molar-refractivity contribution in [2.75, 3.05) is 14.2 Å². The maximum absolute atomic E-state index is 12.2. The Morgan fingerprint density at radius 1 is 1.25 bits per heavy atom. The molecule has 0 aromatic heterocycles. The van der Waals surface area contributed by atoms with Crippen molar-refractivity contribution in [1.29, 1.82) is 0 Å². The Kier molecular flexibility index (Phi) is 4.54. The molecule has 0 bridgehead atoms. The summed E-state index contributed by atoms with van der Waals surface area (Å²) in [5.74, 6) is 0. The van der Waals surface area contributed by atoms with Gasteiger partial charge in [-0.25, -0.2) is 0 Å². The second-order valence-electron chi connectivity index (χ2n) is 3.39. The summed E-state index contributed by atoms with van der Waals surface area (Å²) in [6.07, 6.45) is 0. The van der Waals surface area contributed by atoms with Gasteiger partial charge in [0, 0.05) is 17.8 Å². The molecule has 6 heteroatoms. The SMILES string of the molecule is COP(=O)(OC)[C@](C)(O)c1ccc(I)cc1. The summed E-state index contributed by atoms with van der Waals surface area (Å²) in [4.78, 5) is 0. The highest BCUT2D eigenvalue weighted by molar-refractivity contribution is 14.1. The third-order valence-corrected chi connectivity index (χ3v) is 5.41. The van der Waals surface area contributed by atoms with E-state index in [0.29, 0.717) is 5.56 Å². The third-order valence-electron chi connectivity index (χ3n) is 2.41. The van der Waals surface area contributed by atoms with E-state index in [1.54, 1.807) is 12.1 Å². The molecule has 0 aliphatic heterocycles. The van der Waals surface area contributed by atoms with Gasteiger partial charge < -0.3 is 14.2 Å². The summed E-state index contributed by atoms with van der Waals surface area (Å²) < 4.78 is 22.8. The van der Waals surface area contributed by atoms with Gasteiger partial charge >= 0.3 is 7.60 Å². The topological polar surface area (TPSA) is 55.8 Å². The van der Waals surface area contributed by atoms with Gasteiger partial charge in [-0.05, 0) is 47.2 Å². The molecule has 0 spiro atoms. The fourth-order valence-electron chi connectivity index (χ4n) is 1.35. The first kappa shape index (κ1) is 14.1. The first-order chi connectivity index (χ1) is 7.37. The van der Waals surface area contributed by atoms with Gasteiger partial charge in [-0.3, -0.25) is 4.57 Å². The smallest absolute Gasteiger partial charge is 0.365 e. The Bertz CT molecular complexity index is 394. The molecule has 1 N–H and O–H groups in total. The lowest BCUT2D eigenvalue weighted by molar-refractivity contribution is 0.0932. The van der Waals surface area contributed by atoms with Crippen LogP contribution in [0.25, 0.3) is 0 Å². The molecule has 0 fully saturated rings. The van der Waals surface area contributed by atoms with Crippen LogP contribution in [0.1, 0.15) is 12.5 Å². The number of halogens is 1. The quantitative estimate of drug-likeness (QED) is 0.666. The number of rotatable bonds is 4. The molecule has 0 aliphatic rings. The standard InChI is InChI=1S/C10H14IO4P/c1-10(12,16(13,14-2)15-3)8-4-6-9(11)7-5-8/h4-7,12H,1-3H3/t10-/m0/s1. The highest BCUT2D eigenvalue weighted by Crippen LogP contribution is 2.62. The van der Waals surface area contributed by atoms with Crippen LogP contribution in [0.4, 0.5) is 0 Å². The van der Waals surface area contributed by atoms with Crippen LogP contribution < -0.4 is 0 Å². The summed E-state index contributed by atoms with van der Waals surface area (Å²) in [6, 6.07) is 7.04. The Morgan fingerprint density at radius 2 is 1.69 bits per heavy atom. The van der Waals surface area contributed by atoms with E-state index in [2.05, 4.69) is 22.6 Å². The maximum Gasteiger partial charge on any atom is 0.365 e. The van der Waals surface area contributed by atoms with Crippen LogP contribution in [0.15, 0.2) is 24.3 Å². The largest absolute Gasteiger partial charge is 0.373 e. The molecule has 1 aromatic carbocycles. The lowest BCUT2D eigenvalue weighted by atomic mass is 10.1. The van der Waals surface area contributed by atoms with Crippen LogP contribution in [0.2, 0.25) is 0 Å². The maximum atomic E-state index is 12.2. The van der Waals surface area contributed by atoms with Crippen LogP contribution in [-0.2, 0) is 19.0 Å². The average molecular weight is 356 g/mol. The second-order valence-corrected chi connectivity index (χ2v) is 7.23. The molecular weight excluding hydrogens is 342 g/mol. The van der Waals surface area contributed by atoms with Crippen molar-refractivity contribution >= 4 is 30.2 Å². The van der Waals surface area contributed by atoms with E-state index in [-0.39, 0.29) is 0 Å². The average Bonchev–Trinajstić information content (AvgIpc) is 2.28. The van der Waals surface area contributed by atoms with E-state index < -0.39 is 12.9 Å². The number of benzene rings is 1. The summed E-state index contributed by atoms with van der Waals surface area (Å²) in [5, 5.41) is 8.63. The van der Waals surface area contributed by atoms with Crippen molar-refractivity contribution in [2.45, 2.75) is 12.3 Å². The highest BCUT2D eigenvalue weighted by atomic mass is 127. The summed E-state index contributed by atoms with van der Waals surface area (Å²) >= 11 is 2.15. The Labute approximate surface area is 109 Å². The monoisotopic (exact) mass is 356 g/mol. The van der Waals surface area contributed by atoms with Gasteiger partial charge in [-0.15, -0.1) is 0 Å². The number of aliphatic hydroxyl groups is 1. The number of hydrogen-bond acceptors (Lipinski definition) is 4. The Balaban J connectivity index is 3.19. The van der Waals surface area contributed by atoms with Crippen LogP contribution >= 0.6 is 30.2 Å². The van der Waals surface area contributed by atoms with Crippen LogP contribution in [0, 0.1) is 3.57 Å². The minimum absolute atomic E-state index is 0.500. The fourth-order valence-corrected chi connectivity index (χ4v) is 3.04. The van der Waals surface area contributed by atoms with E-state index >= 15 is 0 Å². The molecule has 0 saturated carbocycles. The Morgan fingerprint density at radius 3 is 2.06 bits per heavy atom. The van der Waals surface area contributed by atoms with Crippen LogP contribution in [-0.4, -0.2) is 19.3 Å². The van der Waals surface area contributed by atoms with E-state index in [1.807, 2.05) is 12.1 Å². The number of hydrogen-bond donors (Lipinski definition) is 1. The minimum Gasteiger partial charge on any atom is -0.373 e. The van der Waals surface area contributed by atoms with E-state index in [0.717, 1.165) is 3.57 Å². The fraction of sp³-hybridized carbons (Fsp3) is 0.400. The van der Waals surface area contributed by atoms with Crippen molar-refractivity contribution in [3.05, 3.63) is 33.4 Å². The summed E-state index contributed by atoms with van der Waals surface area (Å²) in [6.45, 7) is 1.42. The van der Waals surface area contributed by atoms with Gasteiger partial charge in [0.25, 0.3) is 0 Å². The van der Waals surface area contributed by atoms with Crippen molar-refractivity contribution in [1.82, 2.24) is 0 Å². The molecule has 16 heavy (non-hydrogen) atoms. The first-order valence-corrected chi connectivity index (χ1v) is 7.19. The van der Waals surface area contributed by atoms with Gasteiger partial charge in [0.2, 0.25) is 0 Å². The highest BCUT2D eigenvalue weighted by Gasteiger charge is 2.46. The normalized spacial score (nSPS) is 15.8. The predicted octanol–water partition coefficient (Wildman–Crippen LogP) is 2.94. The molecule has 1 aromatic rings. The molecule has 4 nitrogen and oxygen atoms in total. The molecule has 1 atom stereocenters. The van der Waals surface area contributed by atoms with Gasteiger partial charge in [0.1, 0.15) is 0 Å². The zero-order chi connectivity index (χ0) is 12.4. The van der Waals surface area contributed by atoms with Crippen molar-refractivity contribution in [2.24, 2.45) is 0 Å². The molecule has 0 amide bonds. The van der Waals surface area contributed by atoms with Crippen LogP contribution in [0.5, 0.6) is 0 Å². The lowest BCUT2D eigenvalue weighted by Crippen LogP contribution is -2.23. The molecular formula is C10H14IO4P. The second kappa shape index (κ2) is 5.14. The zero-order valence-electron chi connectivity index (χ0n) is 9.31. The molecule has 1 rings (SSSR count). The molecule has 0 radical (unpaired) electrons. The van der Waals surface area contributed by atoms with E-state index in [4.69, 9.17) is 9.05 Å². The first-order valence-electron chi connectivity index (χ1n) is 4.57. The molecule has 90 valence electrons. The summed E-state index contributed by atoms with van der Waals surface area (Å²) in [7, 11) is -1.06. The van der Waals surface area contributed by atoms with Crippen molar-refractivity contribution < 1.29 is 18.7 Å². The van der Waals surface area contributed by atoms with Gasteiger partial charge in [0.15, 0.2) is 5.34 Å². The van der Waals surface area contributed by atoms with Gasteiger partial charge in [0.05, 0.1) is 0 Å². The zero-order valence-corrected chi connectivity index (χ0v) is 12.4.